The van der Waals surface area contributed by atoms with Crippen LogP contribution in [0.5, 0.6) is 0 Å². The molecule has 2 rings (SSSR count). The van der Waals surface area contributed by atoms with Crippen LogP contribution < -0.4 is 4.90 Å². The molecule has 0 unspecified atom stereocenters. The van der Waals surface area contributed by atoms with Crippen molar-refractivity contribution in [2.24, 2.45) is 5.41 Å². The van der Waals surface area contributed by atoms with Gasteiger partial charge in [-0.05, 0) is 53.4 Å². The zero-order valence-corrected chi connectivity index (χ0v) is 13.0. The minimum Gasteiger partial charge on any atom is -0.481 e. The fourth-order valence-electron chi connectivity index (χ4n) is 2.70. The van der Waals surface area contributed by atoms with Crippen molar-refractivity contribution in [3.8, 4) is 6.07 Å². The zero-order valence-electron chi connectivity index (χ0n) is 11.4. The lowest BCUT2D eigenvalue weighted by molar-refractivity contribution is -0.150. The van der Waals surface area contributed by atoms with Crippen molar-refractivity contribution in [2.45, 2.75) is 26.2 Å². The van der Waals surface area contributed by atoms with Gasteiger partial charge in [0.25, 0.3) is 0 Å². The largest absolute Gasteiger partial charge is 0.481 e. The van der Waals surface area contributed by atoms with Crippen molar-refractivity contribution in [3.05, 3.63) is 28.2 Å². The van der Waals surface area contributed by atoms with E-state index in [0.29, 0.717) is 24.8 Å². The molecule has 1 aliphatic rings. The van der Waals surface area contributed by atoms with Gasteiger partial charge in [0, 0.05) is 23.2 Å². The molecule has 0 atom stereocenters. The smallest absolute Gasteiger partial charge is 0.309 e. The van der Waals surface area contributed by atoms with Crippen molar-refractivity contribution in [1.82, 2.24) is 0 Å². The Kier molecular flexibility index (Phi) is 4.34. The van der Waals surface area contributed by atoms with Crippen molar-refractivity contribution >= 4 is 27.6 Å². The number of carbonyl (C=O) groups is 1. The van der Waals surface area contributed by atoms with Gasteiger partial charge in [-0.2, -0.15) is 5.26 Å². The minimum atomic E-state index is -0.680. The summed E-state index contributed by atoms with van der Waals surface area (Å²) in [6.45, 7) is 3.42. The van der Waals surface area contributed by atoms with Gasteiger partial charge in [-0.3, -0.25) is 4.79 Å². The molecule has 1 fully saturated rings. The minimum absolute atomic E-state index is 0.569. The number of piperidine rings is 1. The Morgan fingerprint density at radius 3 is 2.60 bits per heavy atom. The maximum atomic E-state index is 11.4. The Labute approximate surface area is 127 Å². The summed E-state index contributed by atoms with van der Waals surface area (Å²) in [4.78, 5) is 13.6. The number of carboxylic acid groups (broad SMARTS) is 1. The van der Waals surface area contributed by atoms with Gasteiger partial charge in [0.1, 0.15) is 6.07 Å². The van der Waals surface area contributed by atoms with Crippen LogP contribution >= 0.6 is 15.9 Å². The van der Waals surface area contributed by atoms with E-state index in [0.717, 1.165) is 23.2 Å². The number of hydrogen-bond acceptors (Lipinski definition) is 3. The van der Waals surface area contributed by atoms with Crippen LogP contribution in [0.4, 0.5) is 5.69 Å². The summed E-state index contributed by atoms with van der Waals surface area (Å²) >= 11 is 3.39. The third-order valence-electron chi connectivity index (χ3n) is 4.29. The SMILES string of the molecule is CCC1(C(=O)O)CCN(c2ccc(C#N)c(Br)c2)CC1. The molecular weight excluding hydrogens is 320 g/mol. The van der Waals surface area contributed by atoms with Gasteiger partial charge in [-0.15, -0.1) is 0 Å². The van der Waals surface area contributed by atoms with Crippen molar-refractivity contribution < 1.29 is 9.90 Å². The second-order valence-electron chi connectivity index (χ2n) is 5.20. The van der Waals surface area contributed by atoms with E-state index in [9.17, 15) is 9.90 Å². The number of halogens is 1. The molecule has 0 spiro atoms. The monoisotopic (exact) mass is 336 g/mol. The Hall–Kier alpha value is -1.54. The predicted octanol–water partition coefficient (Wildman–Crippen LogP) is 3.40. The van der Waals surface area contributed by atoms with Crippen LogP contribution in [-0.2, 0) is 4.79 Å². The Balaban J connectivity index is 2.13. The quantitative estimate of drug-likeness (QED) is 0.918. The highest BCUT2D eigenvalue weighted by Crippen LogP contribution is 2.37. The fraction of sp³-hybridized carbons (Fsp3) is 0.467. The summed E-state index contributed by atoms with van der Waals surface area (Å²) < 4.78 is 0.781. The lowest BCUT2D eigenvalue weighted by Crippen LogP contribution is -2.44. The number of nitriles is 1. The number of hydrogen-bond donors (Lipinski definition) is 1. The number of benzene rings is 1. The Bertz CT molecular complexity index is 557. The lowest BCUT2D eigenvalue weighted by atomic mass is 9.76. The van der Waals surface area contributed by atoms with Crippen molar-refractivity contribution in [2.75, 3.05) is 18.0 Å². The molecule has 1 saturated heterocycles. The molecule has 20 heavy (non-hydrogen) atoms. The summed E-state index contributed by atoms with van der Waals surface area (Å²) in [5.41, 5.74) is 1.07. The maximum Gasteiger partial charge on any atom is 0.309 e. The number of aliphatic carboxylic acids is 1. The molecule has 0 aromatic heterocycles. The first-order chi connectivity index (χ1) is 9.52. The van der Waals surface area contributed by atoms with E-state index in [2.05, 4.69) is 26.9 Å². The summed E-state index contributed by atoms with van der Waals surface area (Å²) in [5.74, 6) is -0.680. The number of carboxylic acids is 1. The van der Waals surface area contributed by atoms with Crippen LogP contribution in [0.3, 0.4) is 0 Å². The molecule has 0 aliphatic carbocycles. The third kappa shape index (κ3) is 2.66. The summed E-state index contributed by atoms with van der Waals surface area (Å²) in [6.07, 6.45) is 2.00. The normalized spacial score (nSPS) is 17.6. The van der Waals surface area contributed by atoms with E-state index in [1.54, 1.807) is 6.07 Å². The third-order valence-corrected chi connectivity index (χ3v) is 4.95. The van der Waals surface area contributed by atoms with E-state index < -0.39 is 11.4 Å². The molecule has 1 N–H and O–H groups in total. The first kappa shape index (κ1) is 14.9. The first-order valence-corrected chi connectivity index (χ1v) is 7.50. The van der Waals surface area contributed by atoms with Crippen molar-refractivity contribution in [3.63, 3.8) is 0 Å². The van der Waals surface area contributed by atoms with Gasteiger partial charge < -0.3 is 10.0 Å². The van der Waals surface area contributed by atoms with E-state index in [1.807, 2.05) is 19.1 Å². The molecule has 4 nitrogen and oxygen atoms in total. The molecule has 5 heteroatoms. The van der Waals surface area contributed by atoms with Gasteiger partial charge in [-0.25, -0.2) is 0 Å². The van der Waals surface area contributed by atoms with E-state index >= 15 is 0 Å². The predicted molar refractivity (Wildman–Crippen MR) is 80.7 cm³/mol. The Morgan fingerprint density at radius 2 is 2.15 bits per heavy atom. The summed E-state index contributed by atoms with van der Waals surface area (Å²) in [5, 5.41) is 18.3. The van der Waals surface area contributed by atoms with Crippen molar-refractivity contribution in [1.29, 1.82) is 5.26 Å². The van der Waals surface area contributed by atoms with Gasteiger partial charge in [0.15, 0.2) is 0 Å². The molecule has 0 saturated carbocycles. The second-order valence-corrected chi connectivity index (χ2v) is 6.06. The molecule has 0 amide bonds. The highest BCUT2D eigenvalue weighted by molar-refractivity contribution is 9.10. The van der Waals surface area contributed by atoms with E-state index in [-0.39, 0.29) is 0 Å². The molecule has 0 radical (unpaired) electrons. The molecule has 1 aliphatic heterocycles. The second kappa shape index (κ2) is 5.84. The highest BCUT2D eigenvalue weighted by atomic mass is 79.9. The van der Waals surface area contributed by atoms with Crippen LogP contribution in [0, 0.1) is 16.7 Å². The standard InChI is InChI=1S/C15H17BrN2O2/c1-2-15(14(19)20)5-7-18(8-6-15)12-4-3-11(10-17)13(16)9-12/h3-4,9H,2,5-8H2,1H3,(H,19,20). The number of anilines is 1. The zero-order chi connectivity index (χ0) is 14.8. The molecule has 1 aromatic rings. The maximum absolute atomic E-state index is 11.4. The highest BCUT2D eigenvalue weighted by Gasteiger charge is 2.39. The molecule has 1 aromatic carbocycles. The van der Waals surface area contributed by atoms with Gasteiger partial charge in [-0.1, -0.05) is 6.92 Å². The lowest BCUT2D eigenvalue weighted by Gasteiger charge is -2.39. The van der Waals surface area contributed by atoms with Crippen LogP contribution in [0.1, 0.15) is 31.7 Å². The summed E-state index contributed by atoms with van der Waals surface area (Å²) in [7, 11) is 0. The van der Waals surface area contributed by atoms with Gasteiger partial charge in [0.2, 0.25) is 0 Å². The van der Waals surface area contributed by atoms with E-state index in [1.165, 1.54) is 0 Å². The first-order valence-electron chi connectivity index (χ1n) is 6.70. The topological polar surface area (TPSA) is 64.3 Å². The molecule has 1 heterocycles. The molecule has 0 bridgehead atoms. The van der Waals surface area contributed by atoms with Crippen LogP contribution in [0.15, 0.2) is 22.7 Å². The summed E-state index contributed by atoms with van der Waals surface area (Å²) in [6, 6.07) is 7.76. The van der Waals surface area contributed by atoms with Gasteiger partial charge >= 0.3 is 5.97 Å². The number of rotatable bonds is 3. The van der Waals surface area contributed by atoms with E-state index in [4.69, 9.17) is 5.26 Å². The average Bonchev–Trinajstić information content (AvgIpc) is 2.47. The van der Waals surface area contributed by atoms with Crippen LogP contribution in [0.2, 0.25) is 0 Å². The van der Waals surface area contributed by atoms with Crippen LogP contribution in [0.25, 0.3) is 0 Å². The van der Waals surface area contributed by atoms with Gasteiger partial charge in [0.05, 0.1) is 11.0 Å². The Morgan fingerprint density at radius 1 is 1.50 bits per heavy atom. The average molecular weight is 337 g/mol. The fourth-order valence-corrected chi connectivity index (χ4v) is 3.16. The molecular formula is C15H17BrN2O2. The van der Waals surface area contributed by atoms with Crippen LogP contribution in [-0.4, -0.2) is 24.2 Å². The molecule has 106 valence electrons. The number of nitrogens with zero attached hydrogens (tertiary/aromatic N) is 2.